The lowest BCUT2D eigenvalue weighted by Gasteiger charge is -2.18. The highest BCUT2D eigenvalue weighted by atomic mass is 32.1. The summed E-state index contributed by atoms with van der Waals surface area (Å²) in [5, 5.41) is 14.4. The van der Waals surface area contributed by atoms with Gasteiger partial charge in [0.1, 0.15) is 27.9 Å². The number of carboxylic acid groups (broad SMARTS) is 1. The van der Waals surface area contributed by atoms with Crippen LogP contribution >= 0.6 is 11.3 Å². The number of carbonyl (C=O) groups is 2. The van der Waals surface area contributed by atoms with E-state index in [9.17, 15) is 14.7 Å². The van der Waals surface area contributed by atoms with Gasteiger partial charge in [-0.2, -0.15) is 0 Å². The van der Waals surface area contributed by atoms with E-state index in [1.807, 2.05) is 48.6 Å². The lowest BCUT2D eigenvalue weighted by molar-refractivity contribution is 0.0698. The maximum atomic E-state index is 12.7. The summed E-state index contributed by atoms with van der Waals surface area (Å²) in [6.07, 6.45) is 6.15. The molecule has 2 heterocycles. The number of carboxylic acids is 1. The second kappa shape index (κ2) is 8.76. The predicted molar refractivity (Wildman–Crippen MR) is 126 cm³/mol. The fourth-order valence-electron chi connectivity index (χ4n) is 3.56. The first-order valence-corrected chi connectivity index (χ1v) is 11.1. The lowest BCUT2D eigenvalue weighted by atomic mass is 9.97. The minimum Gasteiger partial charge on any atom is -0.486 e. The molecule has 1 atom stereocenters. The number of allylic oxidation sites excluding steroid dienone is 2. The number of amides is 1. The first-order valence-electron chi connectivity index (χ1n) is 10.2. The summed E-state index contributed by atoms with van der Waals surface area (Å²) < 4.78 is 11.4. The summed E-state index contributed by atoms with van der Waals surface area (Å²) in [5.74, 6) is -1.09. The molecule has 2 N–H and O–H groups in total. The van der Waals surface area contributed by atoms with E-state index in [4.69, 9.17) is 9.15 Å². The number of aromatic carboxylic acids is 1. The van der Waals surface area contributed by atoms with Crippen LogP contribution in [0.15, 0.2) is 82.6 Å². The molecule has 4 aromatic rings. The van der Waals surface area contributed by atoms with Gasteiger partial charge < -0.3 is 19.6 Å². The summed E-state index contributed by atoms with van der Waals surface area (Å²) in [7, 11) is 0. The normalized spacial score (nSPS) is 15.3. The number of benzene rings is 2. The van der Waals surface area contributed by atoms with Gasteiger partial charge in [0, 0.05) is 17.4 Å². The molecule has 164 valence electrons. The number of hydrogen-bond donors (Lipinski definition) is 2. The van der Waals surface area contributed by atoms with Gasteiger partial charge in [-0.25, -0.2) is 9.78 Å². The van der Waals surface area contributed by atoms with E-state index in [2.05, 4.69) is 10.3 Å². The molecule has 33 heavy (non-hydrogen) atoms. The van der Waals surface area contributed by atoms with Crippen LogP contribution in [0.2, 0.25) is 0 Å². The molecule has 2 aromatic heterocycles. The van der Waals surface area contributed by atoms with Gasteiger partial charge in [0.05, 0.1) is 0 Å². The van der Waals surface area contributed by atoms with Gasteiger partial charge in [-0.3, -0.25) is 4.79 Å². The van der Waals surface area contributed by atoms with Crippen LogP contribution in [0.1, 0.15) is 33.0 Å². The average molecular weight is 458 g/mol. The maximum absolute atomic E-state index is 12.7. The smallest absolute Gasteiger partial charge is 0.339 e. The zero-order valence-electron chi connectivity index (χ0n) is 17.2. The second-order valence-electron chi connectivity index (χ2n) is 7.32. The molecule has 8 heteroatoms. The number of oxazole rings is 1. The molecular formula is C25H18N2O5S. The molecule has 0 aliphatic heterocycles. The van der Waals surface area contributed by atoms with Crippen molar-refractivity contribution < 1.29 is 23.8 Å². The van der Waals surface area contributed by atoms with Crippen LogP contribution in [0.4, 0.5) is 5.00 Å². The molecule has 1 amide bonds. The van der Waals surface area contributed by atoms with Gasteiger partial charge in [0.2, 0.25) is 0 Å². The molecule has 5 rings (SSSR count). The average Bonchev–Trinajstić information content (AvgIpc) is 3.45. The van der Waals surface area contributed by atoms with E-state index < -0.39 is 11.9 Å². The lowest BCUT2D eigenvalue weighted by Crippen LogP contribution is -2.15. The molecule has 0 bridgehead atoms. The van der Waals surface area contributed by atoms with E-state index in [1.54, 1.807) is 29.6 Å². The molecule has 1 aliphatic rings. The Morgan fingerprint density at radius 1 is 1.12 bits per heavy atom. The van der Waals surface area contributed by atoms with E-state index >= 15 is 0 Å². The number of ether oxygens (including phenoxy) is 1. The van der Waals surface area contributed by atoms with Gasteiger partial charge in [0.15, 0.2) is 5.58 Å². The Bertz CT molecular complexity index is 1370. The third kappa shape index (κ3) is 4.28. The minimum atomic E-state index is -1.13. The molecule has 0 saturated carbocycles. The van der Waals surface area contributed by atoms with Crippen LogP contribution in [0.5, 0.6) is 5.75 Å². The molecule has 1 aliphatic carbocycles. The number of carbonyl (C=O) groups excluding carboxylic acids is 1. The van der Waals surface area contributed by atoms with Crippen molar-refractivity contribution in [3.05, 3.63) is 95.2 Å². The minimum absolute atomic E-state index is 0.0304. The SMILES string of the molecule is O=C(Nc1scc(C2=CCC(Oc3ccccc3)C=C2)c1C(=O)O)c1nc2ccccc2o1. The Balaban J connectivity index is 1.35. The van der Waals surface area contributed by atoms with E-state index in [-0.39, 0.29) is 22.6 Å². The fourth-order valence-corrected chi connectivity index (χ4v) is 4.52. The molecule has 0 spiro atoms. The number of nitrogens with one attached hydrogen (secondary N) is 1. The van der Waals surface area contributed by atoms with Crippen LogP contribution < -0.4 is 10.1 Å². The van der Waals surface area contributed by atoms with Gasteiger partial charge in [-0.15, -0.1) is 11.3 Å². The Labute approximate surface area is 192 Å². The first-order chi connectivity index (χ1) is 16.1. The Hall–Kier alpha value is -4.17. The molecular weight excluding hydrogens is 440 g/mol. The highest BCUT2D eigenvalue weighted by molar-refractivity contribution is 7.15. The molecule has 2 aromatic carbocycles. The Morgan fingerprint density at radius 3 is 2.64 bits per heavy atom. The van der Waals surface area contributed by atoms with Gasteiger partial charge in [0.25, 0.3) is 5.89 Å². The summed E-state index contributed by atoms with van der Waals surface area (Å²) in [6.45, 7) is 0. The third-order valence-electron chi connectivity index (χ3n) is 5.12. The number of anilines is 1. The quantitative estimate of drug-likeness (QED) is 0.388. The van der Waals surface area contributed by atoms with Gasteiger partial charge in [-0.1, -0.05) is 42.5 Å². The summed E-state index contributed by atoms with van der Waals surface area (Å²) in [4.78, 5) is 28.9. The molecule has 0 saturated heterocycles. The van der Waals surface area contributed by atoms with Crippen molar-refractivity contribution in [1.29, 1.82) is 0 Å². The highest BCUT2D eigenvalue weighted by Crippen LogP contribution is 2.35. The number of nitrogens with zero attached hydrogens (tertiary/aromatic N) is 1. The standard InChI is InChI=1S/C25H18N2O5S/c28-22(23-26-19-8-4-5-9-20(19)32-23)27-24-21(25(29)30)18(14-33-24)15-10-12-17(13-11-15)31-16-6-2-1-3-7-16/h1-12,14,17H,13H2,(H,27,28)(H,29,30). The van der Waals surface area contributed by atoms with Crippen molar-refractivity contribution in [2.24, 2.45) is 0 Å². The van der Waals surface area contributed by atoms with Crippen LogP contribution in [-0.4, -0.2) is 28.1 Å². The van der Waals surface area contributed by atoms with Crippen molar-refractivity contribution >= 4 is 44.9 Å². The number of rotatable bonds is 6. The second-order valence-corrected chi connectivity index (χ2v) is 8.20. The summed E-state index contributed by atoms with van der Waals surface area (Å²) in [5.41, 5.74) is 2.37. The van der Waals surface area contributed by atoms with E-state index in [1.165, 1.54) is 0 Å². The molecule has 7 nitrogen and oxygen atoms in total. The zero-order chi connectivity index (χ0) is 22.8. The van der Waals surface area contributed by atoms with E-state index in [0.717, 1.165) is 22.7 Å². The van der Waals surface area contributed by atoms with Crippen molar-refractivity contribution in [3.63, 3.8) is 0 Å². The first kappa shape index (κ1) is 20.7. The summed E-state index contributed by atoms with van der Waals surface area (Å²) >= 11 is 1.14. The zero-order valence-corrected chi connectivity index (χ0v) is 18.0. The van der Waals surface area contributed by atoms with Crippen LogP contribution in [0.3, 0.4) is 0 Å². The number of para-hydroxylation sites is 3. The van der Waals surface area contributed by atoms with Crippen molar-refractivity contribution in [1.82, 2.24) is 4.98 Å². The molecule has 1 unspecified atom stereocenters. The van der Waals surface area contributed by atoms with Crippen molar-refractivity contribution in [2.45, 2.75) is 12.5 Å². The molecule has 0 fully saturated rings. The number of aromatic nitrogens is 1. The predicted octanol–water partition coefficient (Wildman–Crippen LogP) is 5.63. The maximum Gasteiger partial charge on any atom is 0.339 e. The molecule has 0 radical (unpaired) electrons. The third-order valence-corrected chi connectivity index (χ3v) is 6.02. The van der Waals surface area contributed by atoms with Gasteiger partial charge in [-0.05, 0) is 35.9 Å². The Kier molecular flexibility index (Phi) is 5.50. The monoisotopic (exact) mass is 458 g/mol. The number of thiophene rings is 1. The van der Waals surface area contributed by atoms with Crippen LogP contribution in [0, 0.1) is 0 Å². The van der Waals surface area contributed by atoms with E-state index in [0.29, 0.717) is 23.1 Å². The van der Waals surface area contributed by atoms with Crippen molar-refractivity contribution in [3.8, 4) is 5.75 Å². The Morgan fingerprint density at radius 2 is 1.91 bits per heavy atom. The fraction of sp³-hybridized carbons (Fsp3) is 0.0800. The highest BCUT2D eigenvalue weighted by Gasteiger charge is 2.24. The van der Waals surface area contributed by atoms with Crippen molar-refractivity contribution in [2.75, 3.05) is 5.32 Å². The van der Waals surface area contributed by atoms with Crippen LogP contribution in [-0.2, 0) is 0 Å². The van der Waals surface area contributed by atoms with Gasteiger partial charge >= 0.3 is 11.9 Å². The summed E-state index contributed by atoms with van der Waals surface area (Å²) in [6, 6.07) is 16.5. The number of fused-ring (bicyclic) bond motifs is 1. The number of hydrogen-bond acceptors (Lipinski definition) is 6. The van der Waals surface area contributed by atoms with Crippen LogP contribution in [0.25, 0.3) is 16.7 Å². The largest absolute Gasteiger partial charge is 0.486 e. The topological polar surface area (TPSA) is 102 Å².